The van der Waals surface area contributed by atoms with Crippen molar-refractivity contribution in [3.8, 4) is 5.75 Å². The molecule has 0 heterocycles. The Morgan fingerprint density at radius 3 is 2.62 bits per heavy atom. The van der Waals surface area contributed by atoms with Crippen LogP contribution in [-0.2, 0) is 0 Å². The number of carbonyl (C=O) groups is 1. The highest BCUT2D eigenvalue weighted by Crippen LogP contribution is 2.14. The molecular formula is C18H22N4O2. The Morgan fingerprint density at radius 2 is 1.96 bits per heavy atom. The Hall–Kier alpha value is -3.02. The van der Waals surface area contributed by atoms with Gasteiger partial charge in [0.25, 0.3) is 5.91 Å². The zero-order chi connectivity index (χ0) is 17.4. The zero-order valence-corrected chi connectivity index (χ0v) is 13.9. The summed E-state index contributed by atoms with van der Waals surface area (Å²) in [5, 5.41) is 5.79. The molecule has 0 aliphatic rings. The lowest BCUT2D eigenvalue weighted by Gasteiger charge is -2.07. The average molecular weight is 326 g/mol. The minimum absolute atomic E-state index is 0.115. The van der Waals surface area contributed by atoms with Crippen LogP contribution in [0.25, 0.3) is 0 Å². The van der Waals surface area contributed by atoms with E-state index in [9.17, 15) is 4.79 Å². The monoisotopic (exact) mass is 326 g/mol. The number of nitrogens with two attached hydrogens (primary N) is 1. The predicted octanol–water partition coefficient (Wildman–Crippen LogP) is 2.16. The SMILES string of the molecule is COc1ccc(NC(N)=NCCNC(=O)c2cccc(C)c2)cc1. The molecular weight excluding hydrogens is 304 g/mol. The van der Waals surface area contributed by atoms with E-state index >= 15 is 0 Å². The van der Waals surface area contributed by atoms with Gasteiger partial charge in [-0.05, 0) is 43.3 Å². The Labute approximate surface area is 141 Å². The maximum atomic E-state index is 12.0. The number of carbonyl (C=O) groups excluding carboxylic acids is 1. The van der Waals surface area contributed by atoms with Gasteiger partial charge < -0.3 is 21.1 Å². The standard InChI is InChI=1S/C18H22N4O2/c1-13-4-3-5-14(12-13)17(23)20-10-11-21-18(19)22-15-6-8-16(24-2)9-7-15/h3-9,12H,10-11H2,1-2H3,(H,20,23)(H3,19,21,22). The maximum Gasteiger partial charge on any atom is 0.251 e. The molecule has 126 valence electrons. The number of anilines is 1. The van der Waals surface area contributed by atoms with E-state index in [1.54, 1.807) is 13.2 Å². The van der Waals surface area contributed by atoms with E-state index in [1.165, 1.54) is 0 Å². The van der Waals surface area contributed by atoms with Crippen molar-refractivity contribution in [3.63, 3.8) is 0 Å². The number of amides is 1. The lowest BCUT2D eigenvalue weighted by Crippen LogP contribution is -2.28. The minimum atomic E-state index is -0.115. The Morgan fingerprint density at radius 1 is 1.21 bits per heavy atom. The van der Waals surface area contributed by atoms with Gasteiger partial charge in [0.15, 0.2) is 5.96 Å². The van der Waals surface area contributed by atoms with Crippen LogP contribution in [0.3, 0.4) is 0 Å². The number of guanidine groups is 1. The molecule has 2 aromatic rings. The van der Waals surface area contributed by atoms with E-state index < -0.39 is 0 Å². The van der Waals surface area contributed by atoms with E-state index in [1.807, 2.05) is 49.4 Å². The Balaban J connectivity index is 1.77. The van der Waals surface area contributed by atoms with Gasteiger partial charge in [-0.1, -0.05) is 17.7 Å². The highest BCUT2D eigenvalue weighted by molar-refractivity contribution is 5.94. The molecule has 0 aromatic heterocycles. The number of methoxy groups -OCH3 is 1. The van der Waals surface area contributed by atoms with E-state index in [-0.39, 0.29) is 5.91 Å². The van der Waals surface area contributed by atoms with Crippen molar-refractivity contribution >= 4 is 17.6 Å². The van der Waals surface area contributed by atoms with Crippen LogP contribution < -0.4 is 21.1 Å². The van der Waals surface area contributed by atoms with E-state index in [2.05, 4.69) is 15.6 Å². The topological polar surface area (TPSA) is 88.7 Å². The van der Waals surface area contributed by atoms with Gasteiger partial charge in [0, 0.05) is 17.8 Å². The molecule has 0 unspecified atom stereocenters. The van der Waals surface area contributed by atoms with Crippen molar-refractivity contribution in [2.45, 2.75) is 6.92 Å². The molecule has 0 fully saturated rings. The number of rotatable bonds is 6. The first-order valence-electron chi connectivity index (χ1n) is 7.64. The number of ether oxygens (including phenoxy) is 1. The van der Waals surface area contributed by atoms with Crippen molar-refractivity contribution in [2.75, 3.05) is 25.5 Å². The first-order valence-corrected chi connectivity index (χ1v) is 7.64. The summed E-state index contributed by atoms with van der Waals surface area (Å²) in [7, 11) is 1.61. The molecule has 0 bridgehead atoms. The fraction of sp³-hybridized carbons (Fsp3) is 0.222. The van der Waals surface area contributed by atoms with Crippen LogP contribution in [0.1, 0.15) is 15.9 Å². The molecule has 2 aromatic carbocycles. The number of nitrogens with one attached hydrogen (secondary N) is 2. The fourth-order valence-corrected chi connectivity index (χ4v) is 2.10. The second-order valence-electron chi connectivity index (χ2n) is 5.25. The van der Waals surface area contributed by atoms with Crippen molar-refractivity contribution in [3.05, 3.63) is 59.7 Å². The Bertz CT molecular complexity index is 711. The summed E-state index contributed by atoms with van der Waals surface area (Å²) in [6.45, 7) is 2.76. The van der Waals surface area contributed by atoms with Gasteiger partial charge in [0.05, 0.1) is 13.7 Å². The molecule has 0 radical (unpaired) electrons. The van der Waals surface area contributed by atoms with E-state index in [0.29, 0.717) is 24.6 Å². The van der Waals surface area contributed by atoms with E-state index in [4.69, 9.17) is 10.5 Å². The molecule has 6 nitrogen and oxygen atoms in total. The normalized spacial score (nSPS) is 11.0. The van der Waals surface area contributed by atoms with Crippen LogP contribution in [0.15, 0.2) is 53.5 Å². The highest BCUT2D eigenvalue weighted by Gasteiger charge is 2.04. The third-order valence-electron chi connectivity index (χ3n) is 3.32. The number of nitrogens with zero attached hydrogens (tertiary/aromatic N) is 1. The summed E-state index contributed by atoms with van der Waals surface area (Å²) in [5.74, 6) is 0.954. The number of hydrogen-bond donors (Lipinski definition) is 3. The molecule has 0 aliphatic heterocycles. The van der Waals surface area contributed by atoms with Gasteiger partial charge >= 0.3 is 0 Å². The summed E-state index contributed by atoms with van der Waals surface area (Å²) in [6, 6.07) is 14.8. The van der Waals surface area contributed by atoms with Crippen LogP contribution in [-0.4, -0.2) is 32.1 Å². The van der Waals surface area contributed by atoms with Gasteiger partial charge in [-0.2, -0.15) is 0 Å². The van der Waals surface area contributed by atoms with Gasteiger partial charge in [-0.3, -0.25) is 9.79 Å². The third-order valence-corrected chi connectivity index (χ3v) is 3.32. The third kappa shape index (κ3) is 5.31. The number of aliphatic imine (C=N–C) groups is 1. The molecule has 0 aliphatic carbocycles. The van der Waals surface area contributed by atoms with Gasteiger partial charge in [0.2, 0.25) is 0 Å². The van der Waals surface area contributed by atoms with Crippen LogP contribution in [0.4, 0.5) is 5.69 Å². The van der Waals surface area contributed by atoms with Crippen molar-refractivity contribution < 1.29 is 9.53 Å². The predicted molar refractivity (Wildman–Crippen MR) is 96.6 cm³/mol. The maximum absolute atomic E-state index is 12.0. The van der Waals surface area contributed by atoms with Gasteiger partial charge in [-0.15, -0.1) is 0 Å². The summed E-state index contributed by atoms with van der Waals surface area (Å²) >= 11 is 0. The van der Waals surface area contributed by atoms with Gasteiger partial charge in [0.1, 0.15) is 5.75 Å². The smallest absolute Gasteiger partial charge is 0.251 e. The molecule has 0 atom stereocenters. The molecule has 6 heteroatoms. The molecule has 0 saturated heterocycles. The molecule has 2 rings (SSSR count). The molecule has 0 spiro atoms. The Kier molecular flexibility index (Phi) is 6.19. The second-order valence-corrected chi connectivity index (χ2v) is 5.25. The molecule has 1 amide bonds. The van der Waals surface area contributed by atoms with Crippen LogP contribution in [0.2, 0.25) is 0 Å². The van der Waals surface area contributed by atoms with Crippen LogP contribution >= 0.6 is 0 Å². The lowest BCUT2D eigenvalue weighted by atomic mass is 10.1. The van der Waals surface area contributed by atoms with Crippen molar-refractivity contribution in [2.24, 2.45) is 10.7 Å². The fourth-order valence-electron chi connectivity index (χ4n) is 2.10. The first-order chi connectivity index (χ1) is 11.6. The summed E-state index contributed by atoms with van der Waals surface area (Å²) < 4.78 is 5.09. The quantitative estimate of drug-likeness (QED) is 0.431. The number of benzene rings is 2. The lowest BCUT2D eigenvalue weighted by molar-refractivity contribution is 0.0954. The minimum Gasteiger partial charge on any atom is -0.497 e. The van der Waals surface area contributed by atoms with Crippen LogP contribution in [0, 0.1) is 6.92 Å². The molecule has 0 saturated carbocycles. The zero-order valence-electron chi connectivity index (χ0n) is 13.9. The number of aryl methyl sites for hydroxylation is 1. The van der Waals surface area contributed by atoms with E-state index in [0.717, 1.165) is 17.0 Å². The first kappa shape index (κ1) is 17.3. The summed E-state index contributed by atoms with van der Waals surface area (Å²) in [4.78, 5) is 16.2. The van der Waals surface area contributed by atoms with Crippen molar-refractivity contribution in [1.29, 1.82) is 0 Å². The van der Waals surface area contributed by atoms with Crippen molar-refractivity contribution in [1.82, 2.24) is 5.32 Å². The summed E-state index contributed by atoms with van der Waals surface area (Å²) in [6.07, 6.45) is 0. The van der Waals surface area contributed by atoms with Gasteiger partial charge in [-0.25, -0.2) is 0 Å². The largest absolute Gasteiger partial charge is 0.497 e. The molecule has 4 N–H and O–H groups in total. The summed E-state index contributed by atoms with van der Waals surface area (Å²) in [5.41, 5.74) is 8.33. The second kappa shape index (κ2) is 8.57. The average Bonchev–Trinajstić information content (AvgIpc) is 2.59. The molecule has 24 heavy (non-hydrogen) atoms. The highest BCUT2D eigenvalue weighted by atomic mass is 16.5. The number of hydrogen-bond acceptors (Lipinski definition) is 3. The van der Waals surface area contributed by atoms with Crippen LogP contribution in [0.5, 0.6) is 5.75 Å².